The fourth-order valence-electron chi connectivity index (χ4n) is 3.36. The number of hydrogen-bond acceptors (Lipinski definition) is 5. The molecule has 2 aromatic carbocycles. The molecule has 0 unspecified atom stereocenters. The van der Waals surface area contributed by atoms with E-state index in [1.165, 1.54) is 11.3 Å². The van der Waals surface area contributed by atoms with Crippen LogP contribution in [0.2, 0.25) is 0 Å². The van der Waals surface area contributed by atoms with E-state index in [1.54, 1.807) is 15.6 Å². The summed E-state index contributed by atoms with van der Waals surface area (Å²) in [5, 5.41) is 6.62. The summed E-state index contributed by atoms with van der Waals surface area (Å²) in [6.45, 7) is 3.88. The first kappa shape index (κ1) is 21.6. The number of hydrogen-bond donors (Lipinski definition) is 0. The van der Waals surface area contributed by atoms with Crippen molar-refractivity contribution in [3.63, 3.8) is 0 Å². The summed E-state index contributed by atoms with van der Waals surface area (Å²) in [5.74, 6) is 0. The Labute approximate surface area is 190 Å². The molecule has 0 N–H and O–H groups in total. The average molecular weight is 447 g/mol. The molecule has 0 saturated carbocycles. The third kappa shape index (κ3) is 4.09. The molecule has 0 aliphatic rings. The van der Waals surface area contributed by atoms with Crippen molar-refractivity contribution in [2.75, 3.05) is 19.0 Å². The van der Waals surface area contributed by atoms with Gasteiger partial charge in [0.05, 0.1) is 23.3 Å². The molecule has 0 amide bonds. The number of para-hydroxylation sites is 1. The zero-order valence-corrected chi connectivity index (χ0v) is 19.7. The Hall–Kier alpha value is -3.65. The van der Waals surface area contributed by atoms with E-state index in [0.29, 0.717) is 10.5 Å². The highest BCUT2D eigenvalue weighted by molar-refractivity contribution is 7.07. The van der Waals surface area contributed by atoms with E-state index < -0.39 is 0 Å². The fraction of sp³-hybridized carbons (Fsp3) is 0.208. The highest BCUT2D eigenvalue weighted by Crippen LogP contribution is 2.17. The molecule has 0 saturated heterocycles. The van der Waals surface area contributed by atoms with Gasteiger partial charge in [-0.25, -0.2) is 14.4 Å². The minimum absolute atomic E-state index is 0.156. The second kappa shape index (κ2) is 8.84. The molecule has 32 heavy (non-hydrogen) atoms. The van der Waals surface area contributed by atoms with Crippen LogP contribution in [-0.4, -0.2) is 34.3 Å². The van der Waals surface area contributed by atoms with Gasteiger partial charge in [0.1, 0.15) is 0 Å². The lowest BCUT2D eigenvalue weighted by molar-refractivity contribution is 0.630. The Bertz CT molecular complexity index is 1390. The highest BCUT2D eigenvalue weighted by Gasteiger charge is 2.16. The van der Waals surface area contributed by atoms with E-state index >= 15 is 0 Å². The van der Waals surface area contributed by atoms with Gasteiger partial charge in [-0.05, 0) is 43.7 Å². The van der Waals surface area contributed by atoms with Crippen molar-refractivity contribution in [1.29, 1.82) is 0 Å². The third-order valence-electron chi connectivity index (χ3n) is 5.31. The summed E-state index contributed by atoms with van der Waals surface area (Å²) in [6.07, 6.45) is 1.80. The van der Waals surface area contributed by atoms with Crippen molar-refractivity contribution < 1.29 is 0 Å². The maximum Gasteiger partial charge on any atom is 0.297 e. The van der Waals surface area contributed by atoms with Crippen LogP contribution < -0.4 is 15.3 Å². The quantitative estimate of drug-likeness (QED) is 0.438. The third-order valence-corrected chi connectivity index (χ3v) is 6.25. The molecule has 7 nitrogen and oxygen atoms in total. The molecule has 2 heterocycles. The Kier molecular flexibility index (Phi) is 5.96. The van der Waals surface area contributed by atoms with Crippen molar-refractivity contribution in [3.05, 3.63) is 92.1 Å². The number of nitrogens with zero attached hydrogens (tertiary/aromatic N) is 6. The molecular formula is C24H26N6OS. The van der Waals surface area contributed by atoms with Gasteiger partial charge in [-0.1, -0.05) is 30.3 Å². The van der Waals surface area contributed by atoms with Crippen LogP contribution in [-0.2, 0) is 7.05 Å². The zero-order valence-electron chi connectivity index (χ0n) is 18.9. The van der Waals surface area contributed by atoms with Gasteiger partial charge in [-0.15, -0.1) is 11.3 Å². The van der Waals surface area contributed by atoms with Gasteiger partial charge in [0.15, 0.2) is 5.69 Å². The number of aromatic nitrogens is 3. The maximum absolute atomic E-state index is 13.2. The maximum atomic E-state index is 13.2. The molecule has 0 atom stereocenters. The Morgan fingerprint density at radius 3 is 2.34 bits per heavy atom. The minimum Gasteiger partial charge on any atom is -0.378 e. The summed E-state index contributed by atoms with van der Waals surface area (Å²) < 4.78 is 5.23. The number of anilines is 1. The van der Waals surface area contributed by atoms with E-state index in [9.17, 15) is 4.79 Å². The second-order valence-electron chi connectivity index (χ2n) is 7.72. The van der Waals surface area contributed by atoms with Crippen LogP contribution in [0.4, 0.5) is 11.4 Å². The zero-order chi connectivity index (χ0) is 22.8. The van der Waals surface area contributed by atoms with E-state index in [0.717, 1.165) is 28.3 Å². The molecule has 0 spiro atoms. The van der Waals surface area contributed by atoms with Crippen molar-refractivity contribution in [1.82, 2.24) is 14.0 Å². The Morgan fingerprint density at radius 2 is 1.69 bits per heavy atom. The van der Waals surface area contributed by atoms with Gasteiger partial charge in [0.25, 0.3) is 5.56 Å². The predicted octanol–water partition coefficient (Wildman–Crippen LogP) is 3.84. The molecule has 0 bridgehead atoms. The lowest BCUT2D eigenvalue weighted by Gasteiger charge is -2.11. The smallest absolute Gasteiger partial charge is 0.297 e. The topological polar surface area (TPSA) is 59.8 Å². The summed E-state index contributed by atoms with van der Waals surface area (Å²) >= 11 is 1.46. The van der Waals surface area contributed by atoms with Gasteiger partial charge in [-0.3, -0.25) is 9.48 Å². The van der Waals surface area contributed by atoms with E-state index in [1.807, 2.05) is 87.5 Å². The van der Waals surface area contributed by atoms with Crippen molar-refractivity contribution >= 4 is 28.9 Å². The molecule has 0 radical (unpaired) electrons. The summed E-state index contributed by atoms with van der Waals surface area (Å²) in [4.78, 5) is 20.6. The summed E-state index contributed by atoms with van der Waals surface area (Å²) in [6, 6.07) is 17.7. The van der Waals surface area contributed by atoms with Crippen molar-refractivity contribution in [2.45, 2.75) is 13.8 Å². The molecular weight excluding hydrogens is 420 g/mol. The first-order valence-electron chi connectivity index (χ1n) is 10.2. The number of aryl methyl sites for hydroxylation is 1. The molecule has 0 aliphatic heterocycles. The van der Waals surface area contributed by atoms with Crippen LogP contribution in [0.3, 0.4) is 0 Å². The van der Waals surface area contributed by atoms with Gasteiger partial charge >= 0.3 is 0 Å². The van der Waals surface area contributed by atoms with Crippen LogP contribution in [0.5, 0.6) is 0 Å². The normalized spacial score (nSPS) is 12.1. The standard InChI is InChI=1S/C24H26N6OS/c1-17-16-32-24(29(17)25-15-19-11-13-20(14-12-19)27(3)4)26-22-18(2)28(5)30(23(22)31)21-9-7-6-8-10-21/h6-16H,1-5H3. The predicted molar refractivity (Wildman–Crippen MR) is 132 cm³/mol. The number of thiazole rings is 1. The fourth-order valence-corrected chi connectivity index (χ4v) is 4.18. The van der Waals surface area contributed by atoms with Crippen LogP contribution in [0.1, 0.15) is 17.0 Å². The molecule has 2 aromatic heterocycles. The lowest BCUT2D eigenvalue weighted by Crippen LogP contribution is -2.19. The van der Waals surface area contributed by atoms with Crippen LogP contribution in [0.25, 0.3) is 5.69 Å². The van der Waals surface area contributed by atoms with Crippen molar-refractivity contribution in [3.8, 4) is 5.69 Å². The molecule has 164 valence electrons. The first-order chi connectivity index (χ1) is 15.4. The van der Waals surface area contributed by atoms with Gasteiger partial charge in [-0.2, -0.15) is 5.10 Å². The number of rotatable bonds is 5. The van der Waals surface area contributed by atoms with Crippen LogP contribution in [0.15, 0.2) is 74.9 Å². The second-order valence-corrected chi connectivity index (χ2v) is 8.56. The Balaban J connectivity index is 1.75. The monoisotopic (exact) mass is 446 g/mol. The van der Waals surface area contributed by atoms with Crippen LogP contribution >= 0.6 is 11.3 Å². The van der Waals surface area contributed by atoms with E-state index in [4.69, 9.17) is 4.99 Å². The molecule has 0 fully saturated rings. The van der Waals surface area contributed by atoms with Gasteiger partial charge in [0, 0.05) is 32.2 Å². The van der Waals surface area contributed by atoms with Gasteiger partial charge in [0.2, 0.25) is 4.80 Å². The largest absolute Gasteiger partial charge is 0.378 e. The van der Waals surface area contributed by atoms with E-state index in [-0.39, 0.29) is 5.56 Å². The molecule has 8 heteroatoms. The van der Waals surface area contributed by atoms with Gasteiger partial charge < -0.3 is 4.90 Å². The molecule has 4 rings (SSSR count). The first-order valence-corrected chi connectivity index (χ1v) is 11.1. The SMILES string of the molecule is Cc1csc(=Nc2c(C)n(C)n(-c3ccccc3)c2=O)n1N=Cc1ccc(N(C)C)cc1. The highest BCUT2D eigenvalue weighted by atomic mass is 32.1. The Morgan fingerprint density at radius 1 is 1.00 bits per heavy atom. The molecule has 4 aromatic rings. The lowest BCUT2D eigenvalue weighted by atomic mass is 10.2. The van der Waals surface area contributed by atoms with Crippen molar-refractivity contribution in [2.24, 2.45) is 17.1 Å². The van der Waals surface area contributed by atoms with E-state index in [2.05, 4.69) is 22.1 Å². The minimum atomic E-state index is -0.156. The molecule has 0 aliphatic carbocycles. The average Bonchev–Trinajstić information content (AvgIpc) is 3.24. The summed E-state index contributed by atoms with van der Waals surface area (Å²) in [7, 11) is 5.89. The summed E-state index contributed by atoms with van der Waals surface area (Å²) in [5.41, 5.74) is 4.92. The number of benzene rings is 2. The van der Waals surface area contributed by atoms with Crippen LogP contribution in [0, 0.1) is 13.8 Å².